The van der Waals surface area contributed by atoms with Gasteiger partial charge in [0, 0.05) is 28.9 Å². The van der Waals surface area contributed by atoms with Gasteiger partial charge in [-0.05, 0) is 18.9 Å². The molecule has 4 rings (SSSR count). The van der Waals surface area contributed by atoms with Crippen molar-refractivity contribution >= 4 is 17.2 Å². The zero-order valence-corrected chi connectivity index (χ0v) is 17.4. The third kappa shape index (κ3) is 4.02. The molecule has 0 saturated carbocycles. The van der Waals surface area contributed by atoms with E-state index in [9.17, 15) is 0 Å². The maximum Gasteiger partial charge on any atom is 0.239 e. The summed E-state index contributed by atoms with van der Waals surface area (Å²) < 4.78 is 22.1. The second-order valence-corrected chi connectivity index (χ2v) is 6.71. The number of oxime groups is 1. The number of benzene rings is 2. The second kappa shape index (κ2) is 8.78. The lowest BCUT2D eigenvalue weighted by Crippen LogP contribution is -2.00. The molecule has 160 valence electrons. The van der Waals surface area contributed by atoms with Crippen LogP contribution in [0.2, 0.25) is 0 Å². The van der Waals surface area contributed by atoms with Crippen molar-refractivity contribution < 1.29 is 24.2 Å². The SMILES string of the molecule is COc1cc(Nc2cncc(Oc3cccc4c3CC/C4=N/O)n2)cc(OC)c1OC. The predicted molar refractivity (Wildman–Crippen MR) is 115 cm³/mol. The molecular weight excluding hydrogens is 400 g/mol. The van der Waals surface area contributed by atoms with E-state index >= 15 is 0 Å². The number of nitrogens with zero attached hydrogens (tertiary/aromatic N) is 3. The minimum atomic E-state index is 0.334. The van der Waals surface area contributed by atoms with Gasteiger partial charge >= 0.3 is 0 Å². The van der Waals surface area contributed by atoms with Crippen LogP contribution in [0, 0.1) is 0 Å². The molecule has 3 aromatic rings. The van der Waals surface area contributed by atoms with E-state index < -0.39 is 0 Å². The first-order chi connectivity index (χ1) is 15.2. The molecule has 9 heteroatoms. The molecule has 0 saturated heterocycles. The van der Waals surface area contributed by atoms with Crippen LogP contribution < -0.4 is 24.3 Å². The molecule has 2 N–H and O–H groups in total. The molecule has 0 atom stereocenters. The third-order valence-corrected chi connectivity index (χ3v) is 4.94. The highest BCUT2D eigenvalue weighted by molar-refractivity contribution is 6.04. The number of hydrogen-bond donors (Lipinski definition) is 2. The summed E-state index contributed by atoms with van der Waals surface area (Å²) in [6.07, 6.45) is 4.53. The fourth-order valence-electron chi connectivity index (χ4n) is 3.54. The van der Waals surface area contributed by atoms with Crippen molar-refractivity contribution in [3.8, 4) is 28.9 Å². The number of fused-ring (bicyclic) bond motifs is 1. The molecule has 0 radical (unpaired) electrons. The zero-order chi connectivity index (χ0) is 21.8. The van der Waals surface area contributed by atoms with Crippen molar-refractivity contribution in [1.82, 2.24) is 9.97 Å². The topological polar surface area (TPSA) is 107 Å². The second-order valence-electron chi connectivity index (χ2n) is 6.71. The first-order valence-corrected chi connectivity index (χ1v) is 9.57. The summed E-state index contributed by atoms with van der Waals surface area (Å²) >= 11 is 0. The molecule has 0 spiro atoms. The van der Waals surface area contributed by atoms with Crippen LogP contribution in [0.1, 0.15) is 17.5 Å². The Kier molecular flexibility index (Phi) is 5.74. The van der Waals surface area contributed by atoms with E-state index in [-0.39, 0.29) is 0 Å². The number of nitrogens with one attached hydrogen (secondary N) is 1. The highest BCUT2D eigenvalue weighted by Crippen LogP contribution is 2.40. The molecule has 1 aromatic heterocycles. The molecule has 0 aliphatic heterocycles. The number of hydrogen-bond acceptors (Lipinski definition) is 9. The van der Waals surface area contributed by atoms with E-state index in [4.69, 9.17) is 24.2 Å². The van der Waals surface area contributed by atoms with Gasteiger partial charge in [0.05, 0.1) is 39.4 Å². The monoisotopic (exact) mass is 422 g/mol. The summed E-state index contributed by atoms with van der Waals surface area (Å²) in [7, 11) is 4.66. The van der Waals surface area contributed by atoms with Crippen molar-refractivity contribution in [3.63, 3.8) is 0 Å². The molecule has 31 heavy (non-hydrogen) atoms. The van der Waals surface area contributed by atoms with Crippen molar-refractivity contribution in [2.45, 2.75) is 12.8 Å². The van der Waals surface area contributed by atoms with Gasteiger partial charge in [0.1, 0.15) is 5.75 Å². The van der Waals surface area contributed by atoms with Gasteiger partial charge in [0.25, 0.3) is 0 Å². The lowest BCUT2D eigenvalue weighted by Gasteiger charge is -2.15. The van der Waals surface area contributed by atoms with Gasteiger partial charge in [0.2, 0.25) is 11.6 Å². The number of ether oxygens (including phenoxy) is 4. The Labute approximate surface area is 179 Å². The average Bonchev–Trinajstić information content (AvgIpc) is 3.23. The number of rotatable bonds is 7. The summed E-state index contributed by atoms with van der Waals surface area (Å²) in [4.78, 5) is 8.71. The maximum absolute atomic E-state index is 9.17. The number of aromatic nitrogens is 2. The number of anilines is 2. The maximum atomic E-state index is 9.17. The first-order valence-electron chi connectivity index (χ1n) is 9.57. The van der Waals surface area contributed by atoms with Gasteiger partial charge in [-0.1, -0.05) is 17.3 Å². The summed E-state index contributed by atoms with van der Waals surface area (Å²) in [5, 5.41) is 15.7. The van der Waals surface area contributed by atoms with Gasteiger partial charge in [-0.3, -0.25) is 4.98 Å². The van der Waals surface area contributed by atoms with Gasteiger partial charge < -0.3 is 29.5 Å². The predicted octanol–water partition coefficient (Wildman–Crippen LogP) is 4.16. The normalized spacial score (nSPS) is 13.6. The average molecular weight is 422 g/mol. The van der Waals surface area contributed by atoms with Crippen LogP contribution in [0.15, 0.2) is 47.9 Å². The molecule has 0 amide bonds. The van der Waals surface area contributed by atoms with E-state index in [2.05, 4.69) is 20.4 Å². The van der Waals surface area contributed by atoms with Crippen LogP contribution in [-0.4, -0.2) is 42.2 Å². The van der Waals surface area contributed by atoms with E-state index in [1.807, 2.05) is 18.2 Å². The molecule has 9 nitrogen and oxygen atoms in total. The fraction of sp³-hybridized carbons (Fsp3) is 0.227. The van der Waals surface area contributed by atoms with Crippen molar-refractivity contribution in [2.24, 2.45) is 5.16 Å². The molecule has 1 aliphatic carbocycles. The van der Waals surface area contributed by atoms with Crippen molar-refractivity contribution in [3.05, 3.63) is 53.9 Å². The Morgan fingerprint density at radius 1 is 0.968 bits per heavy atom. The molecule has 2 aromatic carbocycles. The van der Waals surface area contributed by atoms with Crippen molar-refractivity contribution in [2.75, 3.05) is 26.6 Å². The molecule has 1 heterocycles. The van der Waals surface area contributed by atoms with Gasteiger partial charge in [-0.15, -0.1) is 0 Å². The highest BCUT2D eigenvalue weighted by Gasteiger charge is 2.22. The van der Waals surface area contributed by atoms with Crippen molar-refractivity contribution in [1.29, 1.82) is 0 Å². The number of methoxy groups -OCH3 is 3. The summed E-state index contributed by atoms with van der Waals surface area (Å²) in [5.41, 5.74) is 3.22. The molecular formula is C22H22N4O5. The summed E-state index contributed by atoms with van der Waals surface area (Å²) in [6, 6.07) is 9.18. The van der Waals surface area contributed by atoms with Gasteiger partial charge in [-0.25, -0.2) is 0 Å². The minimum Gasteiger partial charge on any atom is -0.493 e. The first kappa shape index (κ1) is 20.3. The Bertz CT molecular complexity index is 1110. The summed E-state index contributed by atoms with van der Waals surface area (Å²) in [5.74, 6) is 3.02. The van der Waals surface area contributed by atoms with Gasteiger partial charge in [0.15, 0.2) is 17.3 Å². The van der Waals surface area contributed by atoms with Crippen LogP contribution in [0.25, 0.3) is 0 Å². The zero-order valence-electron chi connectivity index (χ0n) is 17.4. The van der Waals surface area contributed by atoms with Crippen LogP contribution in [0.4, 0.5) is 11.5 Å². The van der Waals surface area contributed by atoms with E-state index in [1.165, 1.54) is 6.20 Å². The van der Waals surface area contributed by atoms with E-state index in [0.717, 1.165) is 17.5 Å². The lowest BCUT2D eigenvalue weighted by atomic mass is 10.1. The van der Waals surface area contributed by atoms with E-state index in [1.54, 1.807) is 39.7 Å². The molecule has 0 fully saturated rings. The van der Waals surface area contributed by atoms with Crippen LogP contribution in [0.5, 0.6) is 28.9 Å². The van der Waals surface area contributed by atoms with Gasteiger partial charge in [-0.2, -0.15) is 4.98 Å². The minimum absolute atomic E-state index is 0.334. The summed E-state index contributed by atoms with van der Waals surface area (Å²) in [6.45, 7) is 0. The quantitative estimate of drug-likeness (QED) is 0.432. The third-order valence-electron chi connectivity index (χ3n) is 4.94. The Morgan fingerprint density at radius 2 is 1.74 bits per heavy atom. The molecule has 0 unspecified atom stereocenters. The standard InChI is InChI=1S/C22H22N4O5/c1-28-18-9-13(10-19(29-2)22(18)30-3)24-20-11-23-12-21(25-20)31-17-6-4-5-14-15(17)7-8-16(14)26-27/h4-6,9-12,27H,7-8H2,1-3H3,(H,24,25)/b26-16-. The Balaban J connectivity index is 1.59. The van der Waals surface area contributed by atoms with Crippen LogP contribution in [0.3, 0.4) is 0 Å². The van der Waals surface area contributed by atoms with Crippen LogP contribution in [-0.2, 0) is 6.42 Å². The highest BCUT2D eigenvalue weighted by atomic mass is 16.5. The largest absolute Gasteiger partial charge is 0.493 e. The fourth-order valence-corrected chi connectivity index (χ4v) is 3.54. The van der Waals surface area contributed by atoms with Crippen LogP contribution >= 0.6 is 0 Å². The lowest BCUT2D eigenvalue weighted by molar-refractivity contribution is 0.318. The Hall–Kier alpha value is -4.01. The smallest absolute Gasteiger partial charge is 0.239 e. The Morgan fingerprint density at radius 3 is 2.42 bits per heavy atom. The molecule has 0 bridgehead atoms. The van der Waals surface area contributed by atoms with E-state index in [0.29, 0.717) is 52.5 Å². The molecule has 1 aliphatic rings.